The molecule has 6 heterocycles. The number of ether oxygens (including phenoxy) is 1. The number of fused-ring (bicyclic) bond motifs is 1. The zero-order valence-electron chi connectivity index (χ0n) is 23.8. The van der Waals surface area contributed by atoms with Gasteiger partial charge < -0.3 is 30.2 Å². The second-order valence-corrected chi connectivity index (χ2v) is 11.1. The molecule has 3 aliphatic rings. The molecule has 6 rings (SSSR count). The summed E-state index contributed by atoms with van der Waals surface area (Å²) in [5, 5.41) is 6.18. The lowest BCUT2D eigenvalue weighted by Gasteiger charge is -2.33. The average Bonchev–Trinajstić information content (AvgIpc) is 3.47. The number of carbonyl (C=O) groups excluding carboxylic acids is 2. The Kier molecular flexibility index (Phi) is 8.56. The van der Waals surface area contributed by atoms with Crippen molar-refractivity contribution in [1.29, 1.82) is 0 Å². The number of hydrogen-bond donors (Lipinski definition) is 3. The number of imidazole rings is 1. The first-order valence-electron chi connectivity index (χ1n) is 14.7. The van der Waals surface area contributed by atoms with E-state index in [2.05, 4.69) is 51.8 Å². The molecular weight excluding hydrogens is 536 g/mol. The highest BCUT2D eigenvalue weighted by Gasteiger charge is 2.26. The summed E-state index contributed by atoms with van der Waals surface area (Å²) < 4.78 is 5.48. The van der Waals surface area contributed by atoms with Crippen LogP contribution in [0.5, 0.6) is 0 Å². The molecule has 13 nitrogen and oxygen atoms in total. The Morgan fingerprint density at radius 3 is 2.67 bits per heavy atom. The number of anilines is 2. The third-order valence-corrected chi connectivity index (χ3v) is 8.19. The zero-order chi connectivity index (χ0) is 28.9. The number of H-pyrrole nitrogens is 1. The van der Waals surface area contributed by atoms with Crippen LogP contribution < -0.4 is 20.4 Å². The lowest BCUT2D eigenvalue weighted by Crippen LogP contribution is -2.47. The summed E-state index contributed by atoms with van der Waals surface area (Å²) in [5.41, 5.74) is 2.96. The van der Waals surface area contributed by atoms with Gasteiger partial charge in [-0.05, 0) is 56.0 Å². The van der Waals surface area contributed by atoms with E-state index >= 15 is 0 Å². The van der Waals surface area contributed by atoms with E-state index in [9.17, 15) is 9.59 Å². The van der Waals surface area contributed by atoms with Crippen LogP contribution in [0.25, 0.3) is 11.2 Å². The van der Waals surface area contributed by atoms with Gasteiger partial charge in [0, 0.05) is 57.5 Å². The number of nitrogens with one attached hydrogen (secondary N) is 3. The van der Waals surface area contributed by atoms with Crippen molar-refractivity contribution in [3.05, 3.63) is 48.6 Å². The number of pyridine rings is 1. The Morgan fingerprint density at radius 2 is 1.86 bits per heavy atom. The average molecular weight is 575 g/mol. The Bertz CT molecular complexity index is 1410. The number of rotatable bonds is 8. The molecule has 13 heteroatoms. The van der Waals surface area contributed by atoms with Gasteiger partial charge >= 0.3 is 0 Å². The van der Waals surface area contributed by atoms with Crippen molar-refractivity contribution < 1.29 is 14.3 Å². The molecule has 3 N–H and O–H groups in total. The normalized spacial score (nSPS) is 20.4. The van der Waals surface area contributed by atoms with Crippen LogP contribution in [-0.4, -0.2) is 106 Å². The molecule has 1 atom stereocenters. The molecule has 0 radical (unpaired) electrons. The smallest absolute Gasteiger partial charge is 0.270 e. The lowest BCUT2D eigenvalue weighted by atomic mass is 10.0. The van der Waals surface area contributed by atoms with E-state index < -0.39 is 0 Å². The fraction of sp³-hybridized carbons (Fsp3) is 0.517. The first kappa shape index (κ1) is 28.0. The summed E-state index contributed by atoms with van der Waals surface area (Å²) in [5.74, 6) is 1.32. The molecule has 0 aliphatic carbocycles. The molecule has 0 aromatic carbocycles. The Morgan fingerprint density at radius 1 is 1.02 bits per heavy atom. The molecule has 3 aliphatic heterocycles. The van der Waals surface area contributed by atoms with Gasteiger partial charge in [-0.1, -0.05) is 6.58 Å². The highest BCUT2D eigenvalue weighted by atomic mass is 16.5. The molecule has 222 valence electrons. The molecule has 3 aromatic heterocycles. The molecule has 3 saturated heterocycles. The first-order chi connectivity index (χ1) is 20.6. The maximum Gasteiger partial charge on any atom is 0.270 e. The minimum Gasteiger partial charge on any atom is -0.378 e. The topological polar surface area (TPSA) is 144 Å². The highest BCUT2D eigenvalue weighted by molar-refractivity contribution is 5.92. The van der Waals surface area contributed by atoms with E-state index in [0.717, 1.165) is 93.4 Å². The third-order valence-electron chi connectivity index (χ3n) is 8.19. The molecule has 3 aromatic rings. The molecule has 3 fully saturated rings. The molecular formula is C29H38N10O3. The summed E-state index contributed by atoms with van der Waals surface area (Å²) in [4.78, 5) is 53.0. The van der Waals surface area contributed by atoms with Crippen molar-refractivity contribution in [3.63, 3.8) is 0 Å². The predicted molar refractivity (Wildman–Crippen MR) is 158 cm³/mol. The number of piperidine rings is 2. The second-order valence-electron chi connectivity index (χ2n) is 11.1. The zero-order valence-corrected chi connectivity index (χ0v) is 23.8. The van der Waals surface area contributed by atoms with Crippen molar-refractivity contribution in [2.75, 3.05) is 62.3 Å². The number of carbonyl (C=O) groups is 2. The largest absolute Gasteiger partial charge is 0.378 e. The molecule has 0 saturated carbocycles. The lowest BCUT2D eigenvalue weighted by molar-refractivity contribution is -0.117. The van der Waals surface area contributed by atoms with Crippen LogP contribution in [-0.2, 0) is 16.1 Å². The summed E-state index contributed by atoms with van der Waals surface area (Å²) in [6.07, 6.45) is 8.16. The van der Waals surface area contributed by atoms with Crippen molar-refractivity contribution in [2.24, 2.45) is 0 Å². The minimum absolute atomic E-state index is 0.0589. The SMILES string of the molecule is C=CC(=O)N[C@H]1CCCN(Cc2ccnc(C(=O)NC3CCN(c4nc5c(N6CCOCC6)ncnc5[nH]4)CC3)c2)C1. The molecule has 42 heavy (non-hydrogen) atoms. The van der Waals surface area contributed by atoms with Gasteiger partial charge in [0.05, 0.1) is 13.2 Å². The van der Waals surface area contributed by atoms with Gasteiger partial charge in [0.2, 0.25) is 11.9 Å². The van der Waals surface area contributed by atoms with Crippen LogP contribution >= 0.6 is 0 Å². The van der Waals surface area contributed by atoms with Gasteiger partial charge in [0.25, 0.3) is 5.91 Å². The summed E-state index contributed by atoms with van der Waals surface area (Å²) in [7, 11) is 0. The Hall–Kier alpha value is -4.10. The molecule has 0 spiro atoms. The second kappa shape index (κ2) is 12.8. The highest BCUT2D eigenvalue weighted by Crippen LogP contribution is 2.26. The number of likely N-dealkylation sites (tertiary alicyclic amines) is 1. The van der Waals surface area contributed by atoms with Gasteiger partial charge in [0.1, 0.15) is 12.0 Å². The van der Waals surface area contributed by atoms with Crippen LogP contribution in [0.4, 0.5) is 11.8 Å². The van der Waals surface area contributed by atoms with Gasteiger partial charge in [0.15, 0.2) is 17.0 Å². The van der Waals surface area contributed by atoms with Crippen molar-refractivity contribution >= 4 is 34.7 Å². The monoisotopic (exact) mass is 574 g/mol. The van der Waals surface area contributed by atoms with Gasteiger partial charge in [-0.3, -0.25) is 19.5 Å². The number of nitrogens with zero attached hydrogens (tertiary/aromatic N) is 7. The van der Waals surface area contributed by atoms with E-state index in [0.29, 0.717) is 25.5 Å². The van der Waals surface area contributed by atoms with E-state index in [1.165, 1.54) is 6.08 Å². The van der Waals surface area contributed by atoms with E-state index in [4.69, 9.17) is 9.72 Å². The van der Waals surface area contributed by atoms with Crippen molar-refractivity contribution in [3.8, 4) is 0 Å². The predicted octanol–water partition coefficient (Wildman–Crippen LogP) is 1.25. The Balaban J connectivity index is 1.02. The number of aromatic nitrogens is 5. The fourth-order valence-corrected chi connectivity index (χ4v) is 5.99. The van der Waals surface area contributed by atoms with Crippen LogP contribution in [0.2, 0.25) is 0 Å². The molecule has 0 unspecified atom stereocenters. The van der Waals surface area contributed by atoms with Gasteiger partial charge in [-0.15, -0.1) is 0 Å². The van der Waals surface area contributed by atoms with E-state index in [1.807, 2.05) is 12.1 Å². The van der Waals surface area contributed by atoms with Crippen molar-refractivity contribution in [2.45, 2.75) is 44.3 Å². The molecule has 2 amide bonds. The number of morpholine rings is 1. The first-order valence-corrected chi connectivity index (χ1v) is 14.7. The number of aromatic amines is 1. The van der Waals surface area contributed by atoms with Crippen LogP contribution in [0.15, 0.2) is 37.3 Å². The van der Waals surface area contributed by atoms with Crippen LogP contribution in [0.1, 0.15) is 41.7 Å². The summed E-state index contributed by atoms with van der Waals surface area (Å²) in [6, 6.07) is 3.99. The number of hydrogen-bond acceptors (Lipinski definition) is 10. The van der Waals surface area contributed by atoms with Gasteiger partial charge in [-0.25, -0.2) is 15.0 Å². The van der Waals surface area contributed by atoms with Crippen molar-refractivity contribution in [1.82, 2.24) is 40.5 Å². The van der Waals surface area contributed by atoms with Crippen LogP contribution in [0.3, 0.4) is 0 Å². The summed E-state index contributed by atoms with van der Waals surface area (Å²) >= 11 is 0. The third kappa shape index (κ3) is 6.52. The maximum absolute atomic E-state index is 13.1. The van der Waals surface area contributed by atoms with Gasteiger partial charge in [-0.2, -0.15) is 0 Å². The quantitative estimate of drug-likeness (QED) is 0.336. The number of amides is 2. The molecule has 0 bridgehead atoms. The van der Waals surface area contributed by atoms with E-state index in [-0.39, 0.29) is 23.9 Å². The summed E-state index contributed by atoms with van der Waals surface area (Å²) in [6.45, 7) is 10.4. The minimum atomic E-state index is -0.153. The van der Waals surface area contributed by atoms with Crippen LogP contribution in [0, 0.1) is 0 Å². The fourth-order valence-electron chi connectivity index (χ4n) is 5.99. The maximum atomic E-state index is 13.1. The van der Waals surface area contributed by atoms with E-state index in [1.54, 1.807) is 12.5 Å². The standard InChI is InChI=1S/C29H38N10O3/c1-2-24(40)33-22-4-3-9-37(18-22)17-20-5-8-30-23(16-20)28(41)34-21-6-10-39(11-7-21)29-35-25-26(36-29)31-19-32-27(25)38-12-14-42-15-13-38/h2,5,8,16,19,21-22H,1,3-4,6-7,9-15,17-18H2,(H,33,40)(H,34,41)(H,31,32,35,36)/t22-/m0/s1. The Labute approximate surface area is 244 Å².